The molecule has 21 heavy (non-hydrogen) atoms. The third-order valence-corrected chi connectivity index (χ3v) is 5.24. The van der Waals surface area contributed by atoms with Crippen LogP contribution in [-0.4, -0.2) is 42.6 Å². The van der Waals surface area contributed by atoms with Gasteiger partial charge in [0.25, 0.3) is 0 Å². The maximum absolute atomic E-state index is 9.85. The highest BCUT2D eigenvalue weighted by Crippen LogP contribution is 2.48. The number of hydrogen-bond acceptors (Lipinski definition) is 4. The van der Waals surface area contributed by atoms with Gasteiger partial charge < -0.3 is 14.6 Å². The molecule has 1 N–H and O–H groups in total. The van der Waals surface area contributed by atoms with Crippen LogP contribution in [0.15, 0.2) is 24.3 Å². The van der Waals surface area contributed by atoms with E-state index in [0.29, 0.717) is 19.0 Å². The van der Waals surface area contributed by atoms with Crippen molar-refractivity contribution in [2.45, 2.75) is 43.9 Å². The first-order chi connectivity index (χ1) is 10.1. The van der Waals surface area contributed by atoms with Gasteiger partial charge in [0.05, 0.1) is 13.2 Å². The number of phenolic OH excluding ortho intramolecular Hbond substituents is 1. The van der Waals surface area contributed by atoms with Crippen molar-refractivity contribution in [3.8, 4) is 5.75 Å². The van der Waals surface area contributed by atoms with Crippen molar-refractivity contribution in [1.29, 1.82) is 0 Å². The van der Waals surface area contributed by atoms with E-state index < -0.39 is 0 Å². The highest BCUT2D eigenvalue weighted by atomic mass is 16.7. The van der Waals surface area contributed by atoms with E-state index in [9.17, 15) is 5.11 Å². The van der Waals surface area contributed by atoms with Crippen molar-refractivity contribution in [2.24, 2.45) is 0 Å². The Morgan fingerprint density at radius 3 is 2.38 bits per heavy atom. The lowest BCUT2D eigenvalue weighted by atomic mass is 9.73. The smallest absolute Gasteiger partial charge is 0.168 e. The molecule has 4 nitrogen and oxygen atoms in total. The topological polar surface area (TPSA) is 41.9 Å². The van der Waals surface area contributed by atoms with E-state index in [1.807, 2.05) is 12.1 Å². The van der Waals surface area contributed by atoms with Crippen LogP contribution < -0.4 is 0 Å². The van der Waals surface area contributed by atoms with Gasteiger partial charge in [-0.3, -0.25) is 4.90 Å². The lowest BCUT2D eigenvalue weighted by Crippen LogP contribution is -2.50. The van der Waals surface area contributed by atoms with Crippen molar-refractivity contribution >= 4 is 0 Å². The molecular formula is C17H25NO3. The van der Waals surface area contributed by atoms with Gasteiger partial charge in [-0.1, -0.05) is 19.1 Å². The van der Waals surface area contributed by atoms with Gasteiger partial charge in [-0.15, -0.1) is 0 Å². The molecule has 1 aliphatic carbocycles. The van der Waals surface area contributed by atoms with Crippen molar-refractivity contribution in [1.82, 2.24) is 4.90 Å². The van der Waals surface area contributed by atoms with Gasteiger partial charge in [-0.05, 0) is 44.1 Å². The van der Waals surface area contributed by atoms with Gasteiger partial charge in [0.1, 0.15) is 5.75 Å². The Bertz CT molecular complexity index is 487. The van der Waals surface area contributed by atoms with Crippen LogP contribution in [0.25, 0.3) is 0 Å². The second kappa shape index (κ2) is 5.59. The minimum absolute atomic E-state index is 0.0337. The lowest BCUT2D eigenvalue weighted by Gasteiger charge is -2.49. The van der Waals surface area contributed by atoms with Gasteiger partial charge in [0.15, 0.2) is 5.79 Å². The Labute approximate surface area is 126 Å². The summed E-state index contributed by atoms with van der Waals surface area (Å²) in [6.45, 7) is 4.58. The number of benzene rings is 1. The molecule has 2 fully saturated rings. The molecule has 2 aliphatic rings. The fourth-order valence-electron chi connectivity index (χ4n) is 3.82. The van der Waals surface area contributed by atoms with Crippen LogP contribution >= 0.6 is 0 Å². The zero-order valence-corrected chi connectivity index (χ0v) is 13.0. The molecule has 1 aliphatic heterocycles. The highest BCUT2D eigenvalue weighted by Gasteiger charge is 2.48. The molecule has 116 valence electrons. The van der Waals surface area contributed by atoms with Crippen molar-refractivity contribution in [3.63, 3.8) is 0 Å². The SMILES string of the molecule is CCN(C)C1(c2cccc(O)c2)CCC2(CC1)OCCO2. The first kappa shape index (κ1) is 14.8. The summed E-state index contributed by atoms with van der Waals surface area (Å²) in [5.41, 5.74) is 1.16. The summed E-state index contributed by atoms with van der Waals surface area (Å²) in [5.74, 6) is -0.0143. The molecule has 0 amide bonds. The maximum Gasteiger partial charge on any atom is 0.168 e. The summed E-state index contributed by atoms with van der Waals surface area (Å²) in [6.07, 6.45) is 3.79. The molecule has 0 radical (unpaired) electrons. The average Bonchev–Trinajstić information content (AvgIpc) is 2.96. The highest BCUT2D eigenvalue weighted by molar-refractivity contribution is 5.33. The fraction of sp³-hybridized carbons (Fsp3) is 0.647. The lowest BCUT2D eigenvalue weighted by molar-refractivity contribution is -0.194. The molecule has 0 bridgehead atoms. The molecule has 1 aromatic rings. The molecule has 1 saturated carbocycles. The van der Waals surface area contributed by atoms with E-state index in [1.165, 1.54) is 5.56 Å². The van der Waals surface area contributed by atoms with Gasteiger partial charge in [0, 0.05) is 18.4 Å². The number of phenols is 1. The maximum atomic E-state index is 9.85. The largest absolute Gasteiger partial charge is 0.508 e. The van der Waals surface area contributed by atoms with E-state index >= 15 is 0 Å². The molecule has 1 aromatic carbocycles. The molecule has 3 rings (SSSR count). The van der Waals surface area contributed by atoms with Crippen LogP contribution in [-0.2, 0) is 15.0 Å². The third-order valence-electron chi connectivity index (χ3n) is 5.24. The van der Waals surface area contributed by atoms with E-state index in [2.05, 4.69) is 24.9 Å². The second-order valence-corrected chi connectivity index (χ2v) is 6.20. The third kappa shape index (κ3) is 2.56. The Balaban J connectivity index is 1.89. The predicted molar refractivity (Wildman–Crippen MR) is 81.2 cm³/mol. The molecule has 0 atom stereocenters. The van der Waals surface area contributed by atoms with Gasteiger partial charge in [-0.25, -0.2) is 0 Å². The summed E-state index contributed by atoms with van der Waals surface area (Å²) in [5, 5.41) is 9.85. The van der Waals surface area contributed by atoms with E-state index in [1.54, 1.807) is 6.07 Å². The van der Waals surface area contributed by atoms with Gasteiger partial charge in [0.2, 0.25) is 0 Å². The molecule has 1 spiro atoms. The van der Waals surface area contributed by atoms with E-state index in [0.717, 1.165) is 32.2 Å². The monoisotopic (exact) mass is 291 g/mol. The summed E-state index contributed by atoms with van der Waals surface area (Å²) >= 11 is 0. The normalized spacial score (nSPS) is 23.8. The molecule has 1 heterocycles. The first-order valence-electron chi connectivity index (χ1n) is 7.89. The second-order valence-electron chi connectivity index (χ2n) is 6.20. The van der Waals surface area contributed by atoms with Crippen molar-refractivity contribution < 1.29 is 14.6 Å². The number of ether oxygens (including phenoxy) is 2. The number of aromatic hydroxyl groups is 1. The number of nitrogens with zero attached hydrogens (tertiary/aromatic N) is 1. The molecule has 0 unspecified atom stereocenters. The van der Waals surface area contributed by atoms with Crippen LogP contribution in [0.2, 0.25) is 0 Å². The average molecular weight is 291 g/mol. The Kier molecular flexibility index (Phi) is 3.95. The Morgan fingerprint density at radius 2 is 1.81 bits per heavy atom. The molecule has 4 heteroatoms. The van der Waals surface area contributed by atoms with Crippen LogP contribution in [0, 0.1) is 0 Å². The van der Waals surface area contributed by atoms with Crippen LogP contribution in [0.1, 0.15) is 38.2 Å². The Morgan fingerprint density at radius 1 is 1.14 bits per heavy atom. The Hall–Kier alpha value is -1.10. The number of rotatable bonds is 3. The molecule has 1 saturated heterocycles. The summed E-state index contributed by atoms with van der Waals surface area (Å²) < 4.78 is 11.7. The van der Waals surface area contributed by atoms with Crippen LogP contribution in [0.4, 0.5) is 0 Å². The van der Waals surface area contributed by atoms with Gasteiger partial charge >= 0.3 is 0 Å². The quantitative estimate of drug-likeness (QED) is 0.930. The van der Waals surface area contributed by atoms with Gasteiger partial charge in [-0.2, -0.15) is 0 Å². The first-order valence-corrected chi connectivity index (χ1v) is 7.89. The molecule has 0 aromatic heterocycles. The number of hydrogen-bond donors (Lipinski definition) is 1. The van der Waals surface area contributed by atoms with Crippen molar-refractivity contribution in [2.75, 3.05) is 26.8 Å². The summed E-state index contributed by atoms with van der Waals surface area (Å²) in [4.78, 5) is 2.39. The minimum Gasteiger partial charge on any atom is -0.508 e. The zero-order chi connectivity index (χ0) is 14.9. The van der Waals surface area contributed by atoms with E-state index in [-0.39, 0.29) is 11.3 Å². The minimum atomic E-state index is -0.352. The summed E-state index contributed by atoms with van der Waals surface area (Å²) in [6, 6.07) is 7.69. The van der Waals surface area contributed by atoms with Crippen molar-refractivity contribution in [3.05, 3.63) is 29.8 Å². The summed E-state index contributed by atoms with van der Waals surface area (Å²) in [7, 11) is 2.17. The van der Waals surface area contributed by atoms with E-state index in [4.69, 9.17) is 9.47 Å². The molecular weight excluding hydrogens is 266 g/mol. The van der Waals surface area contributed by atoms with Crippen LogP contribution in [0.3, 0.4) is 0 Å². The predicted octanol–water partition coefficient (Wildman–Crippen LogP) is 2.86. The zero-order valence-electron chi connectivity index (χ0n) is 13.0. The van der Waals surface area contributed by atoms with Crippen LogP contribution in [0.5, 0.6) is 5.75 Å². The standard InChI is InChI=1S/C17H25NO3/c1-3-18(2)16(14-5-4-6-15(19)13-14)7-9-17(10-8-16)20-11-12-21-17/h4-6,13,19H,3,7-12H2,1-2H3. The fourth-order valence-corrected chi connectivity index (χ4v) is 3.82.